The first-order chi connectivity index (χ1) is 9.11. The molecular formula is C14H12ClNO3. The molecule has 0 heterocycles. The maximum Gasteiger partial charge on any atom is 0.255 e. The van der Waals surface area contributed by atoms with Gasteiger partial charge in [-0.3, -0.25) is 4.79 Å². The smallest absolute Gasteiger partial charge is 0.255 e. The van der Waals surface area contributed by atoms with Crippen LogP contribution in [-0.4, -0.2) is 18.1 Å². The molecule has 2 N–H and O–H groups in total. The topological polar surface area (TPSA) is 58.6 Å². The lowest BCUT2D eigenvalue weighted by atomic mass is 10.2. The third kappa shape index (κ3) is 2.98. The molecule has 0 bridgehead atoms. The lowest BCUT2D eigenvalue weighted by molar-refractivity contribution is 0.102. The Bertz CT molecular complexity index is 613. The van der Waals surface area contributed by atoms with Crippen molar-refractivity contribution >= 4 is 23.2 Å². The van der Waals surface area contributed by atoms with Crippen LogP contribution in [0.25, 0.3) is 0 Å². The van der Waals surface area contributed by atoms with E-state index in [1.807, 2.05) is 0 Å². The van der Waals surface area contributed by atoms with Crippen LogP contribution >= 0.6 is 11.6 Å². The van der Waals surface area contributed by atoms with Crippen molar-refractivity contribution in [3.05, 3.63) is 53.1 Å². The number of para-hydroxylation sites is 1. The Hall–Kier alpha value is -2.20. The van der Waals surface area contributed by atoms with Gasteiger partial charge in [0.1, 0.15) is 0 Å². The van der Waals surface area contributed by atoms with Crippen molar-refractivity contribution in [2.24, 2.45) is 0 Å². The summed E-state index contributed by atoms with van der Waals surface area (Å²) in [6, 6.07) is 11.3. The van der Waals surface area contributed by atoms with Crippen molar-refractivity contribution in [3.63, 3.8) is 0 Å². The maximum absolute atomic E-state index is 12.0. The first kappa shape index (κ1) is 13.2. The number of rotatable bonds is 3. The number of methoxy groups -OCH3 is 1. The molecule has 0 aromatic heterocycles. The molecule has 2 aromatic rings. The fourth-order valence-electron chi connectivity index (χ4n) is 1.58. The van der Waals surface area contributed by atoms with Gasteiger partial charge in [-0.2, -0.15) is 0 Å². The highest BCUT2D eigenvalue weighted by molar-refractivity contribution is 6.33. The van der Waals surface area contributed by atoms with Gasteiger partial charge >= 0.3 is 0 Å². The molecule has 0 atom stereocenters. The van der Waals surface area contributed by atoms with E-state index >= 15 is 0 Å². The summed E-state index contributed by atoms with van der Waals surface area (Å²) in [6.45, 7) is 0. The molecule has 4 nitrogen and oxygen atoms in total. The summed E-state index contributed by atoms with van der Waals surface area (Å²) in [4.78, 5) is 12.0. The summed E-state index contributed by atoms with van der Waals surface area (Å²) < 4.78 is 4.95. The summed E-state index contributed by atoms with van der Waals surface area (Å²) in [5, 5.41) is 12.6. The SMILES string of the molecule is COc1cc(C(=O)Nc2ccccc2Cl)ccc1O. The molecule has 1 amide bonds. The van der Waals surface area contributed by atoms with Crippen LogP contribution in [0.3, 0.4) is 0 Å². The number of benzene rings is 2. The van der Waals surface area contributed by atoms with Gasteiger partial charge in [0.05, 0.1) is 17.8 Å². The fraction of sp³-hybridized carbons (Fsp3) is 0.0714. The molecule has 5 heteroatoms. The minimum absolute atomic E-state index is 0.0169. The molecule has 0 aliphatic heterocycles. The lowest BCUT2D eigenvalue weighted by Crippen LogP contribution is -2.12. The van der Waals surface area contributed by atoms with Crippen LogP contribution in [0.15, 0.2) is 42.5 Å². The van der Waals surface area contributed by atoms with E-state index in [-0.39, 0.29) is 17.4 Å². The van der Waals surface area contributed by atoms with Gasteiger partial charge in [-0.05, 0) is 30.3 Å². The number of ether oxygens (including phenoxy) is 1. The summed E-state index contributed by atoms with van der Waals surface area (Å²) >= 11 is 5.96. The number of anilines is 1. The average Bonchev–Trinajstić information content (AvgIpc) is 2.42. The number of carbonyl (C=O) groups is 1. The number of aromatic hydroxyl groups is 1. The molecule has 0 aliphatic rings. The van der Waals surface area contributed by atoms with Gasteiger partial charge in [-0.15, -0.1) is 0 Å². The monoisotopic (exact) mass is 277 g/mol. The average molecular weight is 278 g/mol. The Morgan fingerprint density at radius 3 is 2.68 bits per heavy atom. The zero-order valence-electron chi connectivity index (χ0n) is 10.2. The number of hydrogen-bond donors (Lipinski definition) is 2. The van der Waals surface area contributed by atoms with E-state index in [9.17, 15) is 9.90 Å². The van der Waals surface area contributed by atoms with E-state index in [2.05, 4.69) is 5.32 Å². The molecule has 0 aliphatic carbocycles. The Morgan fingerprint density at radius 1 is 1.26 bits per heavy atom. The van der Waals surface area contributed by atoms with Gasteiger partial charge in [0, 0.05) is 5.56 Å². The molecule has 0 spiro atoms. The second kappa shape index (κ2) is 5.63. The molecule has 19 heavy (non-hydrogen) atoms. The Balaban J connectivity index is 2.23. The summed E-state index contributed by atoms with van der Waals surface area (Å²) in [7, 11) is 1.42. The van der Waals surface area contributed by atoms with E-state index in [1.54, 1.807) is 24.3 Å². The van der Waals surface area contributed by atoms with Crippen LogP contribution in [0.2, 0.25) is 5.02 Å². The Morgan fingerprint density at radius 2 is 2.00 bits per heavy atom. The van der Waals surface area contributed by atoms with Gasteiger partial charge in [-0.25, -0.2) is 0 Å². The number of nitrogens with one attached hydrogen (secondary N) is 1. The van der Waals surface area contributed by atoms with E-state index in [1.165, 1.54) is 25.3 Å². The van der Waals surface area contributed by atoms with Crippen LogP contribution in [0.5, 0.6) is 11.5 Å². The molecule has 0 saturated heterocycles. The van der Waals surface area contributed by atoms with Crippen LogP contribution in [0.1, 0.15) is 10.4 Å². The maximum atomic E-state index is 12.0. The van der Waals surface area contributed by atoms with E-state index < -0.39 is 0 Å². The molecule has 98 valence electrons. The molecule has 0 unspecified atom stereocenters. The molecule has 2 rings (SSSR count). The zero-order valence-corrected chi connectivity index (χ0v) is 10.9. The van der Waals surface area contributed by atoms with Crippen LogP contribution in [0.4, 0.5) is 5.69 Å². The molecule has 0 saturated carbocycles. The minimum atomic E-state index is -0.327. The molecule has 0 radical (unpaired) electrons. The number of hydrogen-bond acceptors (Lipinski definition) is 3. The lowest BCUT2D eigenvalue weighted by Gasteiger charge is -2.09. The van der Waals surface area contributed by atoms with Crippen molar-refractivity contribution in [1.29, 1.82) is 0 Å². The number of carbonyl (C=O) groups excluding carboxylic acids is 1. The van der Waals surface area contributed by atoms with Gasteiger partial charge in [0.15, 0.2) is 11.5 Å². The van der Waals surface area contributed by atoms with Gasteiger partial charge < -0.3 is 15.2 Å². The van der Waals surface area contributed by atoms with Crippen molar-refractivity contribution in [2.75, 3.05) is 12.4 Å². The molecule has 0 fully saturated rings. The summed E-state index contributed by atoms with van der Waals surface area (Å²) in [5.74, 6) is -0.102. The third-order valence-corrected chi connectivity index (χ3v) is 2.89. The minimum Gasteiger partial charge on any atom is -0.504 e. The number of phenols is 1. The highest BCUT2D eigenvalue weighted by Crippen LogP contribution is 2.27. The Kier molecular flexibility index (Phi) is 3.92. The highest BCUT2D eigenvalue weighted by atomic mass is 35.5. The third-order valence-electron chi connectivity index (χ3n) is 2.56. The fourth-order valence-corrected chi connectivity index (χ4v) is 1.76. The van der Waals surface area contributed by atoms with Crippen LogP contribution in [0, 0.1) is 0 Å². The standard InChI is InChI=1S/C14H12ClNO3/c1-19-13-8-9(6-7-12(13)17)14(18)16-11-5-3-2-4-10(11)15/h2-8,17H,1H3,(H,16,18). The number of phenolic OH excluding ortho intramolecular Hbond substituents is 1. The first-order valence-electron chi connectivity index (χ1n) is 5.54. The van der Waals surface area contributed by atoms with E-state index in [4.69, 9.17) is 16.3 Å². The van der Waals surface area contributed by atoms with E-state index in [0.717, 1.165) is 0 Å². The van der Waals surface area contributed by atoms with Gasteiger partial charge in [0.25, 0.3) is 5.91 Å². The van der Waals surface area contributed by atoms with E-state index in [0.29, 0.717) is 16.3 Å². The Labute approximate surface area is 115 Å². The number of halogens is 1. The second-order valence-corrected chi connectivity index (χ2v) is 4.23. The molecule has 2 aromatic carbocycles. The number of amides is 1. The van der Waals surface area contributed by atoms with Crippen molar-refractivity contribution < 1.29 is 14.6 Å². The second-order valence-electron chi connectivity index (χ2n) is 3.82. The predicted molar refractivity (Wildman–Crippen MR) is 74.1 cm³/mol. The zero-order chi connectivity index (χ0) is 13.8. The quantitative estimate of drug-likeness (QED) is 0.905. The van der Waals surface area contributed by atoms with Gasteiger partial charge in [0.2, 0.25) is 0 Å². The van der Waals surface area contributed by atoms with Gasteiger partial charge in [-0.1, -0.05) is 23.7 Å². The largest absolute Gasteiger partial charge is 0.504 e. The summed E-state index contributed by atoms with van der Waals surface area (Å²) in [5.41, 5.74) is 0.899. The van der Waals surface area contributed by atoms with Crippen molar-refractivity contribution in [1.82, 2.24) is 0 Å². The van der Waals surface area contributed by atoms with Crippen molar-refractivity contribution in [3.8, 4) is 11.5 Å². The van der Waals surface area contributed by atoms with Crippen LogP contribution in [-0.2, 0) is 0 Å². The molecular weight excluding hydrogens is 266 g/mol. The first-order valence-corrected chi connectivity index (χ1v) is 5.92. The normalized spacial score (nSPS) is 10.0. The summed E-state index contributed by atoms with van der Waals surface area (Å²) in [6.07, 6.45) is 0. The predicted octanol–water partition coefficient (Wildman–Crippen LogP) is 3.31. The highest BCUT2D eigenvalue weighted by Gasteiger charge is 2.11. The van der Waals surface area contributed by atoms with Crippen LogP contribution < -0.4 is 10.1 Å². The van der Waals surface area contributed by atoms with Crippen molar-refractivity contribution in [2.45, 2.75) is 0 Å².